The molecule has 44 heavy (non-hydrogen) atoms. The van der Waals surface area contributed by atoms with E-state index in [-0.39, 0.29) is 33.6 Å². The van der Waals surface area contributed by atoms with Crippen LogP contribution in [0, 0.1) is 40.4 Å². The molecule has 1 spiro atoms. The molecule has 1 saturated heterocycles. The van der Waals surface area contributed by atoms with Gasteiger partial charge in [0.25, 0.3) is 11.8 Å². The van der Waals surface area contributed by atoms with Gasteiger partial charge in [-0.25, -0.2) is 0 Å². The molecule has 0 N–H and O–H groups in total. The fourth-order valence-corrected chi connectivity index (χ4v) is 12.5. The maximum absolute atomic E-state index is 13.3. The van der Waals surface area contributed by atoms with Gasteiger partial charge in [0.1, 0.15) is 0 Å². The molecular formula is C37H55NO5Si. The van der Waals surface area contributed by atoms with Crippen molar-refractivity contribution >= 4 is 20.1 Å². The molecule has 1 aromatic carbocycles. The zero-order valence-corrected chi connectivity index (χ0v) is 29.2. The van der Waals surface area contributed by atoms with Crippen LogP contribution in [0.5, 0.6) is 0 Å². The van der Waals surface area contributed by atoms with Crippen molar-refractivity contribution in [1.29, 1.82) is 0 Å². The van der Waals surface area contributed by atoms with Crippen LogP contribution in [0.3, 0.4) is 0 Å². The third-order valence-corrected chi connectivity index (χ3v) is 19.0. The van der Waals surface area contributed by atoms with E-state index in [4.69, 9.17) is 13.9 Å². The quantitative estimate of drug-likeness (QED) is 0.246. The normalized spacial score (nSPS) is 39.8. The molecule has 4 saturated carbocycles. The van der Waals surface area contributed by atoms with Crippen molar-refractivity contribution in [2.45, 2.75) is 122 Å². The van der Waals surface area contributed by atoms with Gasteiger partial charge in [0.05, 0.1) is 30.4 Å². The highest BCUT2D eigenvalue weighted by Crippen LogP contribution is 2.69. The molecule has 242 valence electrons. The van der Waals surface area contributed by atoms with Crippen LogP contribution in [-0.4, -0.2) is 56.7 Å². The second-order valence-electron chi connectivity index (χ2n) is 17.3. The third-order valence-electron chi connectivity index (χ3n) is 14.5. The molecule has 5 fully saturated rings. The highest BCUT2D eigenvalue weighted by Gasteiger charge is 2.65. The highest BCUT2D eigenvalue weighted by atomic mass is 28.4. The van der Waals surface area contributed by atoms with Crippen LogP contribution < -0.4 is 0 Å². The SMILES string of the molecule is CC(C)(C)[Si](C)(C)O[C@H]1CCC2C3CC[C@H]4[C@H](CCN5C(=O)c6ccccc6C5=O)C5(CC[C@]4(C)C3CC[C@@]21C)OCCO5. The van der Waals surface area contributed by atoms with Crippen molar-refractivity contribution in [2.75, 3.05) is 19.8 Å². The van der Waals surface area contributed by atoms with E-state index in [1.54, 1.807) is 12.1 Å². The minimum atomic E-state index is -1.84. The molecule has 6 nitrogen and oxygen atoms in total. The Hall–Kier alpha value is -1.54. The van der Waals surface area contributed by atoms with Crippen LogP contribution in [0.4, 0.5) is 0 Å². The second kappa shape index (κ2) is 10.5. The van der Waals surface area contributed by atoms with Crippen LogP contribution >= 0.6 is 0 Å². The lowest BCUT2D eigenvalue weighted by Gasteiger charge is -2.64. The van der Waals surface area contributed by atoms with E-state index in [1.165, 1.54) is 43.4 Å². The molecule has 2 amide bonds. The number of ether oxygens (including phenoxy) is 2. The fraction of sp³-hybridized carbons (Fsp3) is 0.784. The minimum Gasteiger partial charge on any atom is -0.413 e. The Morgan fingerprint density at radius 3 is 2.09 bits per heavy atom. The first-order valence-corrected chi connectivity index (χ1v) is 20.5. The van der Waals surface area contributed by atoms with Gasteiger partial charge in [0, 0.05) is 18.9 Å². The summed E-state index contributed by atoms with van der Waals surface area (Å²) in [5, 5.41) is 0.231. The van der Waals surface area contributed by atoms with Crippen LogP contribution in [-0.2, 0) is 13.9 Å². The van der Waals surface area contributed by atoms with Crippen molar-refractivity contribution < 1.29 is 23.5 Å². The van der Waals surface area contributed by atoms with Gasteiger partial charge in [-0.05, 0) is 116 Å². The first kappa shape index (κ1) is 31.1. The zero-order valence-electron chi connectivity index (χ0n) is 28.2. The molecule has 0 aromatic heterocycles. The predicted molar refractivity (Wildman–Crippen MR) is 174 cm³/mol. The molecule has 7 heteroatoms. The Morgan fingerprint density at radius 2 is 1.45 bits per heavy atom. The maximum atomic E-state index is 13.3. The highest BCUT2D eigenvalue weighted by molar-refractivity contribution is 6.74. The number of benzene rings is 1. The van der Waals surface area contributed by atoms with Crippen molar-refractivity contribution in [2.24, 2.45) is 40.4 Å². The summed E-state index contributed by atoms with van der Waals surface area (Å²) in [7, 11) is -1.84. The van der Waals surface area contributed by atoms with E-state index >= 15 is 0 Å². The van der Waals surface area contributed by atoms with E-state index in [1.807, 2.05) is 12.1 Å². The molecule has 1 aromatic rings. The lowest BCUT2D eigenvalue weighted by Crippen LogP contribution is -2.61. The number of hydrogen-bond acceptors (Lipinski definition) is 5. The summed E-state index contributed by atoms with van der Waals surface area (Å²) < 4.78 is 20.2. The first-order chi connectivity index (χ1) is 20.7. The van der Waals surface area contributed by atoms with Crippen molar-refractivity contribution in [1.82, 2.24) is 4.90 Å². The Labute approximate surface area is 266 Å². The number of fused-ring (bicyclic) bond motifs is 6. The molecule has 4 aliphatic carbocycles. The Kier molecular flexibility index (Phi) is 7.40. The maximum Gasteiger partial charge on any atom is 0.261 e. The summed E-state index contributed by atoms with van der Waals surface area (Å²) >= 11 is 0. The second-order valence-corrected chi connectivity index (χ2v) is 22.0. The van der Waals surface area contributed by atoms with Gasteiger partial charge in [-0.3, -0.25) is 14.5 Å². The van der Waals surface area contributed by atoms with E-state index in [2.05, 4.69) is 47.7 Å². The standard InChI is InChI=1S/C37H55NO5Si/c1-34(2,3)44(6,7)43-31-15-14-27-26-12-13-29-30(17-21-38-32(39)24-10-8-9-11-25(24)33(38)40)37(41-22-23-42-37)20-19-35(29,4)28(26)16-18-36(27,31)5/h8-11,26-31H,12-23H2,1-7H3/t26?,27?,28?,29-,30-,31-,35+,36-/m0/s1. The van der Waals surface area contributed by atoms with E-state index in [0.29, 0.717) is 48.8 Å². The molecule has 0 bridgehead atoms. The monoisotopic (exact) mass is 621 g/mol. The van der Waals surface area contributed by atoms with Gasteiger partial charge in [-0.2, -0.15) is 0 Å². The largest absolute Gasteiger partial charge is 0.413 e. The van der Waals surface area contributed by atoms with Gasteiger partial charge in [0.2, 0.25) is 0 Å². The van der Waals surface area contributed by atoms with Crippen molar-refractivity contribution in [3.63, 3.8) is 0 Å². The number of nitrogens with zero attached hydrogens (tertiary/aromatic N) is 1. The number of imide groups is 1. The minimum absolute atomic E-state index is 0.155. The summed E-state index contributed by atoms with van der Waals surface area (Å²) in [6, 6.07) is 7.24. The van der Waals surface area contributed by atoms with Crippen LogP contribution in [0.2, 0.25) is 18.1 Å². The van der Waals surface area contributed by atoms with E-state index in [0.717, 1.165) is 31.1 Å². The number of rotatable bonds is 5. The van der Waals surface area contributed by atoms with Crippen LogP contribution in [0.25, 0.3) is 0 Å². The van der Waals surface area contributed by atoms with Gasteiger partial charge in [-0.15, -0.1) is 0 Å². The van der Waals surface area contributed by atoms with Crippen LogP contribution in [0.15, 0.2) is 24.3 Å². The molecule has 3 unspecified atom stereocenters. The number of carbonyl (C=O) groups excluding carboxylic acids is 2. The number of hydrogen-bond donors (Lipinski definition) is 0. The van der Waals surface area contributed by atoms with E-state index in [9.17, 15) is 9.59 Å². The average molecular weight is 622 g/mol. The Morgan fingerprint density at radius 1 is 0.841 bits per heavy atom. The molecule has 7 rings (SSSR count). The van der Waals surface area contributed by atoms with Gasteiger partial charge >= 0.3 is 0 Å². The summed E-state index contributed by atoms with van der Waals surface area (Å²) in [5.41, 5.74) is 1.56. The van der Waals surface area contributed by atoms with Gasteiger partial charge in [0.15, 0.2) is 14.1 Å². The average Bonchev–Trinajstić information content (AvgIpc) is 3.64. The first-order valence-electron chi connectivity index (χ1n) is 17.6. The predicted octanol–water partition coefficient (Wildman–Crippen LogP) is 8.08. The molecule has 2 aliphatic heterocycles. The topological polar surface area (TPSA) is 65.1 Å². The fourth-order valence-electron chi connectivity index (χ4n) is 11.1. The number of amides is 2. The lowest BCUT2D eigenvalue weighted by atomic mass is 9.43. The smallest absolute Gasteiger partial charge is 0.261 e. The van der Waals surface area contributed by atoms with E-state index < -0.39 is 14.1 Å². The molecule has 2 heterocycles. The van der Waals surface area contributed by atoms with Gasteiger partial charge in [-0.1, -0.05) is 46.8 Å². The summed E-state index contributed by atoms with van der Waals surface area (Å²) in [6.45, 7) is 18.8. The van der Waals surface area contributed by atoms with Crippen molar-refractivity contribution in [3.8, 4) is 0 Å². The third kappa shape index (κ3) is 4.49. The Bertz CT molecular complexity index is 1280. The Balaban J connectivity index is 1.12. The summed E-state index contributed by atoms with van der Waals surface area (Å²) in [5.74, 6) is 1.95. The molecule has 8 atom stereocenters. The van der Waals surface area contributed by atoms with Gasteiger partial charge < -0.3 is 13.9 Å². The number of carbonyl (C=O) groups is 2. The molecule has 6 aliphatic rings. The van der Waals surface area contributed by atoms with Crippen LogP contribution in [0.1, 0.15) is 113 Å². The zero-order chi connectivity index (χ0) is 31.3. The summed E-state index contributed by atoms with van der Waals surface area (Å²) in [6.07, 6.45) is 10.7. The molecular weight excluding hydrogens is 566 g/mol. The van der Waals surface area contributed by atoms with Crippen molar-refractivity contribution in [3.05, 3.63) is 35.4 Å². The lowest BCUT2D eigenvalue weighted by molar-refractivity contribution is -0.269. The molecule has 0 radical (unpaired) electrons. The summed E-state index contributed by atoms with van der Waals surface area (Å²) in [4.78, 5) is 28.0.